The minimum absolute atomic E-state index is 0.0818. The minimum Gasteiger partial charge on any atom is -0.486 e. The Bertz CT molecular complexity index is 411. The zero-order valence-corrected chi connectivity index (χ0v) is 11.8. The van der Waals surface area contributed by atoms with E-state index in [-0.39, 0.29) is 12.2 Å². The maximum absolute atomic E-state index is 6.13. The molecule has 1 saturated carbocycles. The molecule has 0 aliphatic heterocycles. The number of aryl methyl sites for hydroxylation is 1. The summed E-state index contributed by atoms with van der Waals surface area (Å²) in [5.41, 5.74) is 1.14. The maximum atomic E-state index is 6.13. The first-order valence-corrected chi connectivity index (χ1v) is 6.72. The van der Waals surface area contributed by atoms with Gasteiger partial charge in [-0.25, -0.2) is 0 Å². The van der Waals surface area contributed by atoms with E-state index in [1.165, 1.54) is 0 Å². The van der Waals surface area contributed by atoms with Crippen molar-refractivity contribution in [2.75, 3.05) is 13.7 Å². The Hall–Kier alpha value is -0.770. The van der Waals surface area contributed by atoms with Crippen molar-refractivity contribution in [1.82, 2.24) is 5.32 Å². The summed E-state index contributed by atoms with van der Waals surface area (Å²) in [6.45, 7) is 5.07. The Balaban J connectivity index is 2.00. The molecule has 1 N–H and O–H groups in total. The summed E-state index contributed by atoms with van der Waals surface area (Å²) in [5, 5.41) is 4.04. The third kappa shape index (κ3) is 2.79. The number of rotatable bonds is 5. The third-order valence-electron chi connectivity index (χ3n) is 3.35. The fraction of sp³-hybridized carbons (Fsp3) is 0.571. The molecule has 0 aromatic heterocycles. The molecule has 1 aliphatic carbocycles. The van der Waals surface area contributed by atoms with Crippen LogP contribution in [0.2, 0.25) is 5.02 Å². The summed E-state index contributed by atoms with van der Waals surface area (Å²) in [6.07, 6.45) is 1.14. The molecular formula is C14H20ClNO2. The first-order chi connectivity index (χ1) is 8.65. The number of likely N-dealkylation sites (N-methyl/N-ethyl adjacent to an activating group) is 1. The van der Waals surface area contributed by atoms with Gasteiger partial charge in [-0.15, -0.1) is 0 Å². The molecule has 0 bridgehead atoms. The van der Waals surface area contributed by atoms with Crippen molar-refractivity contribution in [3.05, 3.63) is 28.8 Å². The Labute approximate surface area is 113 Å². The van der Waals surface area contributed by atoms with E-state index in [9.17, 15) is 0 Å². The molecule has 0 heterocycles. The lowest BCUT2D eigenvalue weighted by atomic mass is 9.85. The number of nitrogens with one attached hydrogen (secondary N) is 1. The molecule has 1 aliphatic rings. The van der Waals surface area contributed by atoms with Crippen LogP contribution in [0.15, 0.2) is 18.2 Å². The predicted octanol–water partition coefficient (Wildman–Crippen LogP) is 2.79. The van der Waals surface area contributed by atoms with E-state index in [0.717, 1.165) is 24.3 Å². The summed E-state index contributed by atoms with van der Waals surface area (Å²) in [7, 11) is 1.72. The minimum atomic E-state index is 0.0818. The maximum Gasteiger partial charge on any atom is 0.138 e. The summed E-state index contributed by atoms with van der Waals surface area (Å²) >= 11 is 6.13. The van der Waals surface area contributed by atoms with Crippen molar-refractivity contribution in [2.24, 2.45) is 0 Å². The molecule has 0 radical (unpaired) electrons. The van der Waals surface area contributed by atoms with Crippen LogP contribution < -0.4 is 10.1 Å². The van der Waals surface area contributed by atoms with E-state index in [1.54, 1.807) is 7.11 Å². The van der Waals surface area contributed by atoms with Crippen LogP contribution in [0.1, 0.15) is 18.9 Å². The van der Waals surface area contributed by atoms with Crippen molar-refractivity contribution >= 4 is 11.6 Å². The molecule has 3 nitrogen and oxygen atoms in total. The lowest BCUT2D eigenvalue weighted by Crippen LogP contribution is -2.60. The van der Waals surface area contributed by atoms with Crippen LogP contribution >= 0.6 is 11.6 Å². The molecular weight excluding hydrogens is 250 g/mol. The fourth-order valence-corrected chi connectivity index (χ4v) is 2.50. The Morgan fingerprint density at radius 3 is 2.89 bits per heavy atom. The van der Waals surface area contributed by atoms with E-state index in [2.05, 4.69) is 12.2 Å². The van der Waals surface area contributed by atoms with Crippen molar-refractivity contribution < 1.29 is 9.47 Å². The molecule has 3 atom stereocenters. The molecule has 0 saturated heterocycles. The Kier molecular flexibility index (Phi) is 4.49. The second-order valence-electron chi connectivity index (χ2n) is 4.69. The second-order valence-corrected chi connectivity index (χ2v) is 5.10. The average molecular weight is 270 g/mol. The number of hydrogen-bond donors (Lipinski definition) is 1. The zero-order valence-electron chi connectivity index (χ0n) is 11.1. The van der Waals surface area contributed by atoms with Gasteiger partial charge in [0.25, 0.3) is 0 Å². The Morgan fingerprint density at radius 2 is 2.22 bits per heavy atom. The van der Waals surface area contributed by atoms with E-state index < -0.39 is 0 Å². The van der Waals surface area contributed by atoms with Crippen LogP contribution in [0.5, 0.6) is 5.75 Å². The first-order valence-electron chi connectivity index (χ1n) is 6.34. The van der Waals surface area contributed by atoms with Gasteiger partial charge in [-0.05, 0) is 31.2 Å². The molecule has 100 valence electrons. The monoisotopic (exact) mass is 269 g/mol. The van der Waals surface area contributed by atoms with Crippen molar-refractivity contribution in [1.29, 1.82) is 0 Å². The second kappa shape index (κ2) is 5.91. The number of ether oxygens (including phenoxy) is 2. The lowest BCUT2D eigenvalue weighted by molar-refractivity contribution is -0.0883. The summed E-state index contributed by atoms with van der Waals surface area (Å²) in [6, 6.07) is 6.20. The molecule has 1 aromatic rings. The number of halogens is 1. The first kappa shape index (κ1) is 13.7. The highest BCUT2D eigenvalue weighted by atomic mass is 35.5. The standard InChI is InChI=1S/C14H20ClNO2/c1-4-16-11-8-13(14(11)17-3)18-12-7-9(2)5-6-10(12)15/h5-7,11,13-14,16H,4,8H2,1-3H3. The van der Waals surface area contributed by atoms with E-state index in [1.807, 2.05) is 25.1 Å². The van der Waals surface area contributed by atoms with Gasteiger partial charge in [0.15, 0.2) is 0 Å². The van der Waals surface area contributed by atoms with E-state index >= 15 is 0 Å². The van der Waals surface area contributed by atoms with Crippen LogP contribution in [-0.4, -0.2) is 31.9 Å². The number of benzene rings is 1. The number of hydrogen-bond acceptors (Lipinski definition) is 3. The molecule has 4 heteroatoms. The molecule has 1 fully saturated rings. The largest absolute Gasteiger partial charge is 0.486 e. The highest BCUT2D eigenvalue weighted by Gasteiger charge is 2.42. The van der Waals surface area contributed by atoms with Gasteiger partial charge in [0.1, 0.15) is 18.0 Å². The van der Waals surface area contributed by atoms with Crippen molar-refractivity contribution in [2.45, 2.75) is 38.5 Å². The number of methoxy groups -OCH3 is 1. The fourth-order valence-electron chi connectivity index (χ4n) is 2.34. The van der Waals surface area contributed by atoms with Gasteiger partial charge in [0.05, 0.1) is 5.02 Å². The van der Waals surface area contributed by atoms with Crippen LogP contribution in [-0.2, 0) is 4.74 Å². The van der Waals surface area contributed by atoms with Gasteiger partial charge in [-0.2, -0.15) is 0 Å². The quantitative estimate of drug-likeness (QED) is 0.892. The van der Waals surface area contributed by atoms with Gasteiger partial charge in [-0.3, -0.25) is 0 Å². The van der Waals surface area contributed by atoms with E-state index in [0.29, 0.717) is 11.1 Å². The van der Waals surface area contributed by atoms with Gasteiger partial charge < -0.3 is 14.8 Å². The molecule has 3 unspecified atom stereocenters. The van der Waals surface area contributed by atoms with Gasteiger partial charge in [0.2, 0.25) is 0 Å². The Morgan fingerprint density at radius 1 is 1.44 bits per heavy atom. The lowest BCUT2D eigenvalue weighted by Gasteiger charge is -2.43. The van der Waals surface area contributed by atoms with Crippen LogP contribution in [0, 0.1) is 6.92 Å². The van der Waals surface area contributed by atoms with Crippen molar-refractivity contribution in [3.63, 3.8) is 0 Å². The summed E-state index contributed by atoms with van der Waals surface area (Å²) < 4.78 is 11.4. The smallest absolute Gasteiger partial charge is 0.138 e. The SMILES string of the molecule is CCNC1CC(Oc2cc(C)ccc2Cl)C1OC. The molecule has 18 heavy (non-hydrogen) atoms. The molecule has 0 amide bonds. The van der Waals surface area contributed by atoms with Crippen LogP contribution in [0.25, 0.3) is 0 Å². The van der Waals surface area contributed by atoms with Gasteiger partial charge in [-0.1, -0.05) is 24.6 Å². The topological polar surface area (TPSA) is 30.5 Å². The van der Waals surface area contributed by atoms with Gasteiger partial charge in [0, 0.05) is 19.6 Å². The van der Waals surface area contributed by atoms with Crippen molar-refractivity contribution in [3.8, 4) is 5.75 Å². The third-order valence-corrected chi connectivity index (χ3v) is 3.67. The molecule has 0 spiro atoms. The molecule has 2 rings (SSSR count). The summed E-state index contributed by atoms with van der Waals surface area (Å²) in [4.78, 5) is 0. The van der Waals surface area contributed by atoms with Gasteiger partial charge >= 0.3 is 0 Å². The van der Waals surface area contributed by atoms with Crippen LogP contribution in [0.4, 0.5) is 0 Å². The zero-order chi connectivity index (χ0) is 13.1. The van der Waals surface area contributed by atoms with Crippen LogP contribution in [0.3, 0.4) is 0 Å². The summed E-state index contributed by atoms with van der Waals surface area (Å²) in [5.74, 6) is 0.749. The highest BCUT2D eigenvalue weighted by Crippen LogP contribution is 2.32. The highest BCUT2D eigenvalue weighted by molar-refractivity contribution is 6.32. The molecule has 1 aromatic carbocycles. The predicted molar refractivity (Wildman–Crippen MR) is 73.5 cm³/mol. The average Bonchev–Trinajstić information content (AvgIpc) is 2.32. The normalized spacial score (nSPS) is 26.8. The van der Waals surface area contributed by atoms with E-state index in [4.69, 9.17) is 21.1 Å².